The molecule has 3 aromatic rings. The summed E-state index contributed by atoms with van der Waals surface area (Å²) in [6.45, 7) is 0. The summed E-state index contributed by atoms with van der Waals surface area (Å²) < 4.78 is 27.5. The maximum absolute atomic E-state index is 13.8. The summed E-state index contributed by atoms with van der Waals surface area (Å²) in [5.41, 5.74) is 1.54. The van der Waals surface area contributed by atoms with Gasteiger partial charge in [-0.25, -0.2) is 19.2 Å². The number of alkyl halides is 2. The lowest BCUT2D eigenvalue weighted by Crippen LogP contribution is -2.53. The average molecular weight is 529 g/mol. The minimum Gasteiger partial charge on any atom is -0.391 e. The molecule has 2 aromatic carbocycles. The second kappa shape index (κ2) is 11.5. The van der Waals surface area contributed by atoms with Crippen LogP contribution in [0.1, 0.15) is 48.2 Å². The van der Waals surface area contributed by atoms with Gasteiger partial charge in [0.15, 0.2) is 0 Å². The molecule has 1 saturated carbocycles. The van der Waals surface area contributed by atoms with Gasteiger partial charge in [-0.1, -0.05) is 42.5 Å². The van der Waals surface area contributed by atoms with E-state index in [4.69, 9.17) is 0 Å². The van der Waals surface area contributed by atoms with Gasteiger partial charge in [-0.05, 0) is 43.4 Å². The minimum absolute atomic E-state index is 0.0201. The molecule has 38 heavy (non-hydrogen) atoms. The highest BCUT2D eigenvalue weighted by Gasteiger charge is 2.49. The predicted octanol–water partition coefficient (Wildman–Crippen LogP) is 2.78. The molecule has 11 heteroatoms. The Balaban J connectivity index is 1.57. The third-order valence-corrected chi connectivity index (χ3v) is 7.16. The SMILES string of the molecule is O=C(NC(Cc1ccccc1)C(O)CC(C(=O)NO)C1(O)CCC(F)(F)CC1)c1cnc2ccccc2n1. The Kier molecular flexibility index (Phi) is 8.29. The van der Waals surface area contributed by atoms with Crippen molar-refractivity contribution in [3.8, 4) is 0 Å². The molecule has 0 spiro atoms. The van der Waals surface area contributed by atoms with Crippen LogP contribution >= 0.6 is 0 Å². The molecule has 1 aromatic heterocycles. The fourth-order valence-electron chi connectivity index (χ4n) is 4.91. The summed E-state index contributed by atoms with van der Waals surface area (Å²) in [5, 5.41) is 34.4. The Morgan fingerprint density at radius 3 is 2.26 bits per heavy atom. The number of fused-ring (bicyclic) bond motifs is 1. The van der Waals surface area contributed by atoms with E-state index in [-0.39, 0.29) is 25.0 Å². The van der Waals surface area contributed by atoms with Gasteiger partial charge >= 0.3 is 0 Å². The van der Waals surface area contributed by atoms with Crippen molar-refractivity contribution in [3.63, 3.8) is 0 Å². The standard InChI is InChI=1S/C27H30F2N4O5/c28-27(29)12-10-26(37,11-13-27)18(24(35)33-38)15-23(34)21(14-17-6-2-1-3-7-17)32-25(36)22-16-30-19-8-4-5-9-20(19)31-22/h1-9,16,18,21,23,34,37-38H,10-15H2,(H,32,36)(H,33,35). The average Bonchev–Trinajstić information content (AvgIpc) is 2.92. The number of hydroxylamine groups is 1. The van der Waals surface area contributed by atoms with Crippen molar-refractivity contribution >= 4 is 22.8 Å². The highest BCUT2D eigenvalue weighted by Crippen LogP contribution is 2.43. The highest BCUT2D eigenvalue weighted by molar-refractivity contribution is 5.94. The summed E-state index contributed by atoms with van der Waals surface area (Å²) in [6, 6.07) is 15.1. The van der Waals surface area contributed by atoms with Crippen molar-refractivity contribution in [1.29, 1.82) is 0 Å². The van der Waals surface area contributed by atoms with E-state index in [0.29, 0.717) is 11.0 Å². The number of nitrogens with zero attached hydrogens (tertiary/aromatic N) is 2. The van der Waals surface area contributed by atoms with Crippen molar-refractivity contribution in [2.45, 2.75) is 62.2 Å². The van der Waals surface area contributed by atoms with Gasteiger partial charge in [-0.3, -0.25) is 19.8 Å². The van der Waals surface area contributed by atoms with E-state index in [1.54, 1.807) is 48.5 Å². The molecule has 1 heterocycles. The molecule has 1 aliphatic rings. The van der Waals surface area contributed by atoms with Crippen LogP contribution in [-0.4, -0.2) is 60.9 Å². The molecular formula is C27H30F2N4O5. The molecule has 4 rings (SSSR count). The summed E-state index contributed by atoms with van der Waals surface area (Å²) in [7, 11) is 0. The summed E-state index contributed by atoms with van der Waals surface area (Å²) in [6.07, 6.45) is -2.31. The van der Waals surface area contributed by atoms with Crippen LogP contribution in [0.25, 0.3) is 11.0 Å². The Labute approximate surface area is 217 Å². The summed E-state index contributed by atoms with van der Waals surface area (Å²) in [5.74, 6) is -5.96. The molecule has 3 atom stereocenters. The van der Waals surface area contributed by atoms with Gasteiger partial charge in [0.1, 0.15) is 5.69 Å². The van der Waals surface area contributed by atoms with Crippen LogP contribution in [-0.2, 0) is 11.2 Å². The van der Waals surface area contributed by atoms with Crippen LogP contribution in [0.2, 0.25) is 0 Å². The molecule has 0 saturated heterocycles. The normalized spacial score (nSPS) is 18.8. The summed E-state index contributed by atoms with van der Waals surface area (Å²) >= 11 is 0. The van der Waals surface area contributed by atoms with Gasteiger partial charge in [0.05, 0.1) is 40.9 Å². The molecule has 1 fully saturated rings. The zero-order chi connectivity index (χ0) is 27.3. The van der Waals surface area contributed by atoms with E-state index < -0.39 is 60.7 Å². The molecule has 1 aliphatic carbocycles. The lowest BCUT2D eigenvalue weighted by atomic mass is 9.71. The summed E-state index contributed by atoms with van der Waals surface area (Å²) in [4.78, 5) is 34.2. The number of amides is 2. The van der Waals surface area contributed by atoms with Gasteiger partial charge < -0.3 is 15.5 Å². The maximum atomic E-state index is 13.8. The molecule has 3 unspecified atom stereocenters. The molecule has 2 amide bonds. The van der Waals surface area contributed by atoms with Crippen LogP contribution in [0.5, 0.6) is 0 Å². The molecular weight excluding hydrogens is 498 g/mol. The number of aliphatic hydroxyl groups is 2. The first-order valence-corrected chi connectivity index (χ1v) is 12.4. The van der Waals surface area contributed by atoms with Crippen LogP contribution in [0.15, 0.2) is 60.8 Å². The van der Waals surface area contributed by atoms with Gasteiger partial charge in [0.2, 0.25) is 11.8 Å². The van der Waals surface area contributed by atoms with Crippen molar-refractivity contribution in [2.75, 3.05) is 0 Å². The first kappa shape index (κ1) is 27.5. The number of aromatic nitrogens is 2. The highest BCUT2D eigenvalue weighted by atomic mass is 19.3. The number of carbonyl (C=O) groups is 2. The van der Waals surface area contributed by atoms with E-state index in [2.05, 4.69) is 15.3 Å². The molecule has 202 valence electrons. The minimum atomic E-state index is -2.96. The van der Waals surface area contributed by atoms with Crippen molar-refractivity contribution in [2.24, 2.45) is 5.92 Å². The third kappa shape index (κ3) is 6.47. The molecule has 5 N–H and O–H groups in total. The number of nitrogens with one attached hydrogen (secondary N) is 2. The Hall–Kier alpha value is -3.54. The third-order valence-electron chi connectivity index (χ3n) is 7.16. The van der Waals surface area contributed by atoms with E-state index in [1.165, 1.54) is 11.7 Å². The topological polar surface area (TPSA) is 145 Å². The van der Waals surface area contributed by atoms with Gasteiger partial charge in [0, 0.05) is 12.8 Å². The van der Waals surface area contributed by atoms with E-state index in [0.717, 1.165) is 5.56 Å². The van der Waals surface area contributed by atoms with E-state index in [1.807, 2.05) is 6.07 Å². The number of aliphatic hydroxyl groups excluding tert-OH is 1. The molecule has 0 aliphatic heterocycles. The number of benzene rings is 2. The lowest BCUT2D eigenvalue weighted by molar-refractivity contribution is -0.161. The second-order valence-corrected chi connectivity index (χ2v) is 9.80. The molecule has 9 nitrogen and oxygen atoms in total. The molecule has 0 bridgehead atoms. The van der Waals surface area contributed by atoms with Crippen molar-refractivity contribution in [3.05, 3.63) is 72.1 Å². The smallest absolute Gasteiger partial charge is 0.271 e. The lowest BCUT2D eigenvalue weighted by Gasteiger charge is -2.41. The number of rotatable bonds is 9. The second-order valence-electron chi connectivity index (χ2n) is 9.80. The number of hydrogen-bond donors (Lipinski definition) is 5. The fraction of sp³-hybridized carbons (Fsp3) is 0.407. The van der Waals surface area contributed by atoms with Crippen LogP contribution < -0.4 is 10.8 Å². The largest absolute Gasteiger partial charge is 0.391 e. The number of hydrogen-bond acceptors (Lipinski definition) is 7. The van der Waals surface area contributed by atoms with Gasteiger partial charge in [-0.15, -0.1) is 0 Å². The number of halogens is 2. The quantitative estimate of drug-likeness (QED) is 0.212. The first-order chi connectivity index (χ1) is 18.1. The van der Waals surface area contributed by atoms with Crippen LogP contribution in [0, 0.1) is 5.92 Å². The van der Waals surface area contributed by atoms with Gasteiger partial charge in [0.25, 0.3) is 5.91 Å². The molecule has 0 radical (unpaired) electrons. The Morgan fingerprint density at radius 1 is 0.974 bits per heavy atom. The van der Waals surface area contributed by atoms with Crippen molar-refractivity contribution < 1.29 is 33.8 Å². The van der Waals surface area contributed by atoms with E-state index in [9.17, 15) is 33.8 Å². The first-order valence-electron chi connectivity index (χ1n) is 12.4. The van der Waals surface area contributed by atoms with Crippen molar-refractivity contribution in [1.82, 2.24) is 20.8 Å². The van der Waals surface area contributed by atoms with Crippen LogP contribution in [0.4, 0.5) is 8.78 Å². The predicted molar refractivity (Wildman–Crippen MR) is 133 cm³/mol. The van der Waals surface area contributed by atoms with Gasteiger partial charge in [-0.2, -0.15) is 0 Å². The maximum Gasteiger partial charge on any atom is 0.271 e. The number of carbonyl (C=O) groups excluding carboxylic acids is 2. The zero-order valence-corrected chi connectivity index (χ0v) is 20.6. The zero-order valence-electron chi connectivity index (χ0n) is 20.6. The van der Waals surface area contributed by atoms with E-state index >= 15 is 0 Å². The monoisotopic (exact) mass is 528 g/mol. The Morgan fingerprint density at radius 2 is 1.61 bits per heavy atom. The van der Waals surface area contributed by atoms with Crippen LogP contribution in [0.3, 0.4) is 0 Å². The Bertz CT molecular complexity index is 1270. The fourth-order valence-corrected chi connectivity index (χ4v) is 4.91. The number of para-hydroxylation sites is 2.